The normalized spacial score (nSPS) is 17.2. The van der Waals surface area contributed by atoms with E-state index in [4.69, 9.17) is 4.42 Å². The largest absolute Gasteiger partial charge is 0.481 e. The maximum Gasteiger partial charge on any atom is 0.419 e. The van der Waals surface area contributed by atoms with Crippen molar-refractivity contribution >= 4 is 17.1 Å². The highest BCUT2D eigenvalue weighted by Gasteiger charge is 2.51. The molecule has 2 aromatic rings. The van der Waals surface area contributed by atoms with Crippen LogP contribution in [0, 0.1) is 0 Å². The van der Waals surface area contributed by atoms with Gasteiger partial charge in [-0.25, -0.2) is 4.79 Å². The number of hydrogen-bond acceptors (Lipinski definition) is 3. The van der Waals surface area contributed by atoms with Gasteiger partial charge in [0.1, 0.15) is 0 Å². The van der Waals surface area contributed by atoms with Gasteiger partial charge in [0.05, 0.1) is 10.9 Å². The van der Waals surface area contributed by atoms with E-state index in [1.54, 1.807) is 25.2 Å². The quantitative estimate of drug-likeness (QED) is 0.847. The minimum Gasteiger partial charge on any atom is -0.481 e. The molecule has 1 aromatic heterocycles. The molecule has 17 heavy (non-hydrogen) atoms. The summed E-state index contributed by atoms with van der Waals surface area (Å²) in [4.78, 5) is 22.5. The standard InChI is InChI=1S/C12H11NO4/c1-13-8-6-7(12(4-5-12)10(14)15)2-3-9(8)17-11(13)16/h2-3,6H,4-5H2,1H3,(H,14,15). The molecule has 0 bridgehead atoms. The Bertz CT molecular complexity index is 675. The Balaban J connectivity index is 2.23. The SMILES string of the molecule is Cn1c(=O)oc2ccc(C3(C(=O)O)CC3)cc21. The number of hydrogen-bond donors (Lipinski definition) is 1. The zero-order valence-electron chi connectivity index (χ0n) is 9.27. The van der Waals surface area contributed by atoms with Crippen molar-refractivity contribution in [2.75, 3.05) is 0 Å². The maximum absolute atomic E-state index is 11.3. The molecule has 0 atom stereocenters. The van der Waals surface area contributed by atoms with Crippen molar-refractivity contribution in [2.24, 2.45) is 7.05 Å². The van der Waals surface area contributed by atoms with E-state index in [-0.39, 0.29) is 0 Å². The average molecular weight is 233 g/mol. The highest BCUT2D eigenvalue weighted by Crippen LogP contribution is 2.48. The number of rotatable bonds is 2. The zero-order chi connectivity index (χ0) is 12.2. The predicted molar refractivity (Wildman–Crippen MR) is 60.0 cm³/mol. The van der Waals surface area contributed by atoms with Crippen LogP contribution >= 0.6 is 0 Å². The third-order valence-electron chi connectivity index (χ3n) is 3.50. The molecule has 1 fully saturated rings. The van der Waals surface area contributed by atoms with Crippen LogP contribution in [0.2, 0.25) is 0 Å². The third kappa shape index (κ3) is 1.25. The van der Waals surface area contributed by atoms with Crippen LogP contribution in [0.4, 0.5) is 0 Å². The molecule has 5 nitrogen and oxygen atoms in total. The number of carboxylic acid groups (broad SMARTS) is 1. The molecule has 1 saturated carbocycles. The van der Waals surface area contributed by atoms with Crippen LogP contribution < -0.4 is 5.76 Å². The van der Waals surface area contributed by atoms with Gasteiger partial charge in [-0.15, -0.1) is 0 Å². The minimum atomic E-state index is -0.801. The first-order chi connectivity index (χ1) is 8.04. The molecule has 5 heteroatoms. The van der Waals surface area contributed by atoms with Gasteiger partial charge in [0.25, 0.3) is 0 Å². The summed E-state index contributed by atoms with van der Waals surface area (Å²) < 4.78 is 6.39. The van der Waals surface area contributed by atoms with Crippen LogP contribution in [0.1, 0.15) is 18.4 Å². The second-order valence-corrected chi connectivity index (χ2v) is 4.50. The van der Waals surface area contributed by atoms with E-state index in [0.29, 0.717) is 23.9 Å². The van der Waals surface area contributed by atoms with E-state index in [9.17, 15) is 14.7 Å². The van der Waals surface area contributed by atoms with Gasteiger partial charge in [-0.3, -0.25) is 9.36 Å². The number of nitrogens with zero attached hydrogens (tertiary/aromatic N) is 1. The fraction of sp³-hybridized carbons (Fsp3) is 0.333. The Morgan fingerprint density at radius 2 is 2.18 bits per heavy atom. The van der Waals surface area contributed by atoms with Crippen molar-refractivity contribution in [1.29, 1.82) is 0 Å². The summed E-state index contributed by atoms with van der Waals surface area (Å²) in [5.41, 5.74) is 1.12. The van der Waals surface area contributed by atoms with Gasteiger partial charge in [-0.2, -0.15) is 0 Å². The lowest BCUT2D eigenvalue weighted by atomic mass is 9.96. The lowest BCUT2D eigenvalue weighted by molar-refractivity contribution is -0.140. The minimum absolute atomic E-state index is 0.433. The Morgan fingerprint density at radius 3 is 2.76 bits per heavy atom. The van der Waals surface area contributed by atoms with Crippen molar-refractivity contribution in [1.82, 2.24) is 4.57 Å². The molecule has 0 aliphatic heterocycles. The Kier molecular flexibility index (Phi) is 1.79. The first kappa shape index (κ1) is 10.1. The Hall–Kier alpha value is -2.04. The summed E-state index contributed by atoms with van der Waals surface area (Å²) in [7, 11) is 1.61. The molecule has 1 aromatic carbocycles. The van der Waals surface area contributed by atoms with Gasteiger partial charge in [-0.05, 0) is 30.5 Å². The van der Waals surface area contributed by atoms with Crippen molar-refractivity contribution in [3.05, 3.63) is 34.3 Å². The van der Waals surface area contributed by atoms with Gasteiger partial charge in [0.15, 0.2) is 5.58 Å². The highest BCUT2D eigenvalue weighted by molar-refractivity contribution is 5.87. The number of carboxylic acids is 1. The summed E-state index contributed by atoms with van der Waals surface area (Å²) in [5.74, 6) is -1.23. The third-order valence-corrected chi connectivity index (χ3v) is 3.50. The Morgan fingerprint density at radius 1 is 1.47 bits per heavy atom. The number of aromatic nitrogens is 1. The maximum atomic E-state index is 11.3. The van der Waals surface area contributed by atoms with E-state index < -0.39 is 17.1 Å². The number of aliphatic carboxylic acids is 1. The molecule has 1 N–H and O–H groups in total. The van der Waals surface area contributed by atoms with Crippen LogP contribution in [-0.2, 0) is 17.3 Å². The molecule has 0 amide bonds. The fourth-order valence-electron chi connectivity index (χ4n) is 2.18. The van der Waals surface area contributed by atoms with Gasteiger partial charge < -0.3 is 9.52 Å². The summed E-state index contributed by atoms with van der Waals surface area (Å²) >= 11 is 0. The molecule has 88 valence electrons. The zero-order valence-corrected chi connectivity index (χ0v) is 9.27. The van der Waals surface area contributed by atoms with Crippen LogP contribution in [0.3, 0.4) is 0 Å². The topological polar surface area (TPSA) is 72.4 Å². The number of oxazole rings is 1. The second-order valence-electron chi connectivity index (χ2n) is 4.50. The molecule has 1 heterocycles. The molecular formula is C12H11NO4. The highest BCUT2D eigenvalue weighted by atomic mass is 16.4. The number of aryl methyl sites for hydroxylation is 1. The number of fused-ring (bicyclic) bond motifs is 1. The molecule has 1 aliphatic carbocycles. The van der Waals surface area contributed by atoms with Gasteiger partial charge >= 0.3 is 11.7 Å². The van der Waals surface area contributed by atoms with Gasteiger partial charge in [0.2, 0.25) is 0 Å². The average Bonchev–Trinajstić information content (AvgIpc) is 3.05. The predicted octanol–water partition coefficient (Wildman–Crippen LogP) is 1.25. The Labute approximate surface area is 96.3 Å². The van der Waals surface area contributed by atoms with Crippen LogP contribution in [0.15, 0.2) is 27.4 Å². The summed E-state index contributed by atoms with van der Waals surface area (Å²) in [5, 5.41) is 9.21. The van der Waals surface area contributed by atoms with Gasteiger partial charge in [0, 0.05) is 7.05 Å². The van der Waals surface area contributed by atoms with Crippen molar-refractivity contribution in [3.8, 4) is 0 Å². The number of benzene rings is 1. The molecule has 0 unspecified atom stereocenters. The fourth-order valence-corrected chi connectivity index (χ4v) is 2.18. The summed E-state index contributed by atoms with van der Waals surface area (Å²) in [6.07, 6.45) is 1.30. The van der Waals surface area contributed by atoms with E-state index in [1.165, 1.54) is 4.57 Å². The van der Waals surface area contributed by atoms with Crippen LogP contribution in [0.5, 0.6) is 0 Å². The second kappa shape index (κ2) is 3.00. The van der Waals surface area contributed by atoms with E-state index in [0.717, 1.165) is 5.56 Å². The van der Waals surface area contributed by atoms with E-state index >= 15 is 0 Å². The molecule has 0 spiro atoms. The molecular weight excluding hydrogens is 222 g/mol. The van der Waals surface area contributed by atoms with Crippen LogP contribution in [-0.4, -0.2) is 15.6 Å². The molecule has 0 saturated heterocycles. The van der Waals surface area contributed by atoms with Crippen molar-refractivity contribution in [2.45, 2.75) is 18.3 Å². The summed E-state index contributed by atoms with van der Waals surface area (Å²) in [6.45, 7) is 0. The summed E-state index contributed by atoms with van der Waals surface area (Å²) in [6, 6.07) is 5.13. The van der Waals surface area contributed by atoms with Crippen molar-refractivity contribution < 1.29 is 14.3 Å². The molecule has 1 aliphatic rings. The van der Waals surface area contributed by atoms with Crippen molar-refractivity contribution in [3.63, 3.8) is 0 Å². The molecule has 0 radical (unpaired) electrons. The lowest BCUT2D eigenvalue weighted by Gasteiger charge is -2.09. The monoisotopic (exact) mass is 233 g/mol. The number of carbonyl (C=O) groups is 1. The van der Waals surface area contributed by atoms with E-state index in [2.05, 4.69) is 0 Å². The lowest BCUT2D eigenvalue weighted by Crippen LogP contribution is -2.19. The first-order valence-electron chi connectivity index (χ1n) is 5.38. The van der Waals surface area contributed by atoms with E-state index in [1.807, 2.05) is 0 Å². The molecule has 3 rings (SSSR count). The first-order valence-corrected chi connectivity index (χ1v) is 5.38. The van der Waals surface area contributed by atoms with Crippen LogP contribution in [0.25, 0.3) is 11.1 Å². The smallest absolute Gasteiger partial charge is 0.419 e. The van der Waals surface area contributed by atoms with Gasteiger partial charge in [-0.1, -0.05) is 6.07 Å².